The van der Waals surface area contributed by atoms with Crippen molar-refractivity contribution in [1.82, 2.24) is 19.2 Å². The quantitative estimate of drug-likeness (QED) is 0.616. The molecule has 0 spiro atoms. The number of likely N-dealkylation sites (N-methyl/N-ethyl adjacent to an activating group) is 1. The molecule has 8 nitrogen and oxygen atoms in total. The van der Waals surface area contributed by atoms with Gasteiger partial charge < -0.3 is 14.7 Å². The largest absolute Gasteiger partial charge is 0.494 e. The Hall–Kier alpha value is -3.39. The Morgan fingerprint density at radius 2 is 1.83 bits per heavy atom. The summed E-state index contributed by atoms with van der Waals surface area (Å²) in [6, 6.07) is 16.7. The highest BCUT2D eigenvalue weighted by Crippen LogP contribution is 2.20. The van der Waals surface area contributed by atoms with Crippen LogP contribution in [0.5, 0.6) is 5.75 Å². The Morgan fingerprint density at radius 1 is 1.14 bits per heavy atom. The average molecular weight is 396 g/mol. The monoisotopic (exact) mass is 396 g/mol. The second-order valence-corrected chi connectivity index (χ2v) is 6.57. The van der Waals surface area contributed by atoms with Gasteiger partial charge in [0.1, 0.15) is 23.8 Å². The maximum absolute atomic E-state index is 13.2. The number of ether oxygens (including phenoxy) is 1. The highest BCUT2D eigenvalue weighted by Gasteiger charge is 2.20. The van der Waals surface area contributed by atoms with Crippen molar-refractivity contribution >= 4 is 5.91 Å². The molecular formula is C21H24N4O4. The molecule has 0 bridgehead atoms. The molecule has 0 saturated carbocycles. The van der Waals surface area contributed by atoms with Crippen LogP contribution in [0.2, 0.25) is 0 Å². The standard InChI is InChI=1S/C21H24N4O4/c1-23(12-13-26)20(27)15-24-19(14-16-8-4-3-5-9-16)22-25(21(24)28)17-10-6-7-11-18(17)29-2/h3-11,26H,12-15H2,1-2H3. The molecule has 0 aliphatic carbocycles. The second-order valence-electron chi connectivity index (χ2n) is 6.57. The van der Waals surface area contributed by atoms with Crippen LogP contribution >= 0.6 is 0 Å². The molecule has 29 heavy (non-hydrogen) atoms. The number of benzene rings is 2. The minimum atomic E-state index is -0.425. The molecule has 3 rings (SSSR count). The molecule has 0 unspecified atom stereocenters. The van der Waals surface area contributed by atoms with Crippen molar-refractivity contribution in [3.8, 4) is 11.4 Å². The zero-order chi connectivity index (χ0) is 20.8. The van der Waals surface area contributed by atoms with E-state index < -0.39 is 5.69 Å². The summed E-state index contributed by atoms with van der Waals surface area (Å²) in [5, 5.41) is 13.6. The number of aliphatic hydroxyl groups is 1. The minimum Gasteiger partial charge on any atom is -0.494 e. The zero-order valence-corrected chi connectivity index (χ0v) is 16.5. The van der Waals surface area contributed by atoms with Gasteiger partial charge >= 0.3 is 5.69 Å². The van der Waals surface area contributed by atoms with Gasteiger partial charge in [-0.1, -0.05) is 42.5 Å². The molecule has 0 fully saturated rings. The predicted molar refractivity (Wildman–Crippen MR) is 108 cm³/mol. The van der Waals surface area contributed by atoms with Gasteiger partial charge in [-0.05, 0) is 17.7 Å². The Morgan fingerprint density at radius 3 is 2.52 bits per heavy atom. The van der Waals surface area contributed by atoms with E-state index in [0.717, 1.165) is 5.56 Å². The van der Waals surface area contributed by atoms with Crippen molar-refractivity contribution in [2.24, 2.45) is 0 Å². The van der Waals surface area contributed by atoms with Crippen LogP contribution in [0.1, 0.15) is 11.4 Å². The first-order valence-corrected chi connectivity index (χ1v) is 9.26. The molecular weight excluding hydrogens is 372 g/mol. The van der Waals surface area contributed by atoms with E-state index in [0.29, 0.717) is 23.7 Å². The Labute approximate surface area is 168 Å². The van der Waals surface area contributed by atoms with Crippen LogP contribution in [-0.2, 0) is 17.8 Å². The number of hydrogen-bond acceptors (Lipinski definition) is 5. The fraction of sp³-hybridized carbons (Fsp3) is 0.286. The van der Waals surface area contributed by atoms with E-state index in [2.05, 4.69) is 5.10 Å². The lowest BCUT2D eigenvalue weighted by Crippen LogP contribution is -2.36. The van der Waals surface area contributed by atoms with Crippen LogP contribution in [0.3, 0.4) is 0 Å². The number of rotatable bonds is 8. The number of aliphatic hydroxyl groups excluding tert-OH is 1. The summed E-state index contributed by atoms with van der Waals surface area (Å²) in [6.07, 6.45) is 0.398. The van der Waals surface area contributed by atoms with Crippen LogP contribution < -0.4 is 10.4 Å². The third-order valence-corrected chi connectivity index (χ3v) is 4.61. The lowest BCUT2D eigenvalue weighted by Gasteiger charge is -2.16. The zero-order valence-electron chi connectivity index (χ0n) is 16.5. The number of nitrogens with zero attached hydrogens (tertiary/aromatic N) is 4. The smallest absolute Gasteiger partial charge is 0.351 e. The summed E-state index contributed by atoms with van der Waals surface area (Å²) in [5.41, 5.74) is 1.05. The number of hydrogen-bond donors (Lipinski definition) is 1. The molecule has 0 saturated heterocycles. The molecule has 0 aliphatic rings. The van der Waals surface area contributed by atoms with Crippen molar-refractivity contribution in [2.45, 2.75) is 13.0 Å². The second kappa shape index (κ2) is 9.20. The van der Waals surface area contributed by atoms with Crippen molar-refractivity contribution < 1.29 is 14.6 Å². The Bertz CT molecular complexity index is 1030. The lowest BCUT2D eigenvalue weighted by molar-refractivity contribution is -0.131. The normalized spacial score (nSPS) is 10.7. The lowest BCUT2D eigenvalue weighted by atomic mass is 10.1. The first-order chi connectivity index (χ1) is 14.0. The van der Waals surface area contributed by atoms with Crippen molar-refractivity contribution in [1.29, 1.82) is 0 Å². The molecule has 0 radical (unpaired) electrons. The molecule has 8 heteroatoms. The van der Waals surface area contributed by atoms with Gasteiger partial charge in [-0.15, -0.1) is 5.10 Å². The first kappa shape index (κ1) is 20.3. The van der Waals surface area contributed by atoms with E-state index in [9.17, 15) is 9.59 Å². The summed E-state index contributed by atoms with van der Waals surface area (Å²) >= 11 is 0. The van der Waals surface area contributed by atoms with Gasteiger partial charge in [-0.2, -0.15) is 4.68 Å². The predicted octanol–water partition coefficient (Wildman–Crippen LogP) is 1.08. The third kappa shape index (κ3) is 4.55. The fourth-order valence-corrected chi connectivity index (χ4v) is 3.00. The highest BCUT2D eigenvalue weighted by atomic mass is 16.5. The molecule has 1 amide bonds. The van der Waals surface area contributed by atoms with E-state index in [1.165, 1.54) is 21.3 Å². The summed E-state index contributed by atoms with van der Waals surface area (Å²) in [6.45, 7) is -0.108. The van der Waals surface area contributed by atoms with Crippen molar-refractivity contribution in [3.63, 3.8) is 0 Å². The highest BCUT2D eigenvalue weighted by molar-refractivity contribution is 5.75. The number of methoxy groups -OCH3 is 1. The first-order valence-electron chi connectivity index (χ1n) is 9.26. The number of carbonyl (C=O) groups is 1. The average Bonchev–Trinajstić information content (AvgIpc) is 3.04. The van der Waals surface area contributed by atoms with E-state index >= 15 is 0 Å². The van der Waals surface area contributed by atoms with Crippen LogP contribution in [0.25, 0.3) is 5.69 Å². The molecule has 1 heterocycles. The Balaban J connectivity index is 2.05. The van der Waals surface area contributed by atoms with E-state index in [1.54, 1.807) is 25.2 Å². The maximum atomic E-state index is 13.2. The van der Waals surface area contributed by atoms with E-state index in [1.807, 2.05) is 36.4 Å². The van der Waals surface area contributed by atoms with Gasteiger partial charge in [0, 0.05) is 20.0 Å². The van der Waals surface area contributed by atoms with Crippen LogP contribution in [0.4, 0.5) is 0 Å². The molecule has 152 valence electrons. The third-order valence-electron chi connectivity index (χ3n) is 4.61. The topological polar surface area (TPSA) is 89.6 Å². The van der Waals surface area contributed by atoms with Crippen LogP contribution in [-0.4, -0.2) is 57.6 Å². The van der Waals surface area contributed by atoms with Gasteiger partial charge in [0.25, 0.3) is 0 Å². The molecule has 1 N–H and O–H groups in total. The van der Waals surface area contributed by atoms with Crippen molar-refractivity contribution in [2.75, 3.05) is 27.3 Å². The minimum absolute atomic E-state index is 0.144. The fourth-order valence-electron chi connectivity index (χ4n) is 3.00. The number of aromatic nitrogens is 3. The summed E-state index contributed by atoms with van der Waals surface area (Å²) in [7, 11) is 3.12. The van der Waals surface area contributed by atoms with Gasteiger partial charge in [0.05, 0.1) is 13.7 Å². The number of amides is 1. The van der Waals surface area contributed by atoms with Crippen LogP contribution in [0, 0.1) is 0 Å². The maximum Gasteiger partial charge on any atom is 0.351 e. The Kier molecular flexibility index (Phi) is 6.46. The molecule has 1 aromatic heterocycles. The molecule has 3 aromatic rings. The van der Waals surface area contributed by atoms with Gasteiger partial charge in [-0.3, -0.25) is 9.36 Å². The van der Waals surface area contributed by atoms with Gasteiger partial charge in [-0.25, -0.2) is 4.79 Å². The van der Waals surface area contributed by atoms with Gasteiger partial charge in [0.2, 0.25) is 5.91 Å². The van der Waals surface area contributed by atoms with Crippen molar-refractivity contribution in [3.05, 3.63) is 76.5 Å². The SMILES string of the molecule is COc1ccccc1-n1nc(Cc2ccccc2)n(CC(=O)N(C)CCO)c1=O. The summed E-state index contributed by atoms with van der Waals surface area (Å²) in [4.78, 5) is 27.1. The number of carbonyl (C=O) groups excluding carboxylic acids is 1. The molecule has 2 aromatic carbocycles. The van der Waals surface area contributed by atoms with Crippen LogP contribution in [0.15, 0.2) is 59.4 Å². The van der Waals surface area contributed by atoms with E-state index in [-0.39, 0.29) is 25.6 Å². The summed E-state index contributed by atoms with van der Waals surface area (Å²) in [5.74, 6) is 0.696. The molecule has 0 aliphatic heterocycles. The summed E-state index contributed by atoms with van der Waals surface area (Å²) < 4.78 is 7.99. The molecule has 0 atom stereocenters. The van der Waals surface area contributed by atoms with Gasteiger partial charge in [0.15, 0.2) is 0 Å². The van der Waals surface area contributed by atoms with E-state index in [4.69, 9.17) is 9.84 Å². The number of para-hydroxylation sites is 2.